The Hall–Kier alpha value is -5.59. The van der Waals surface area contributed by atoms with E-state index in [2.05, 4.69) is 39.6 Å². The topological polar surface area (TPSA) is 187 Å². The lowest BCUT2D eigenvalue weighted by atomic mass is 9.88. The third-order valence-corrected chi connectivity index (χ3v) is 11.3. The van der Waals surface area contributed by atoms with Gasteiger partial charge in [0.05, 0.1) is 78.2 Å². The summed E-state index contributed by atoms with van der Waals surface area (Å²) in [5.41, 5.74) is 6.02. The molecule has 16 nitrogen and oxygen atoms in total. The first-order valence-corrected chi connectivity index (χ1v) is 23.6. The highest BCUT2D eigenvalue weighted by molar-refractivity contribution is 6.30. The Balaban J connectivity index is 0.836. The van der Waals surface area contributed by atoms with Crippen molar-refractivity contribution in [1.82, 2.24) is 16.0 Å². The number of hydrogen-bond acceptors (Lipinski definition) is 12. The summed E-state index contributed by atoms with van der Waals surface area (Å²) >= 11 is 6.12. The zero-order chi connectivity index (χ0) is 48.5. The SMILES string of the molecule is CCCC(NC)C(=O)Nc1ccc(OCC(=O)NCCOCCOCCOCCOCCOCCNC(=O)c2ccc(-c3ccc4c(c3)[C@H](Nc3ccc(Cl)cc3)C[C@H](C)N4C(C)=O)cc2)cc1. The van der Waals surface area contributed by atoms with Gasteiger partial charge in [-0.2, -0.15) is 0 Å². The Morgan fingerprint density at radius 2 is 1.26 bits per heavy atom. The van der Waals surface area contributed by atoms with E-state index in [0.29, 0.717) is 101 Å². The van der Waals surface area contributed by atoms with Crippen molar-refractivity contribution in [3.8, 4) is 16.9 Å². The van der Waals surface area contributed by atoms with E-state index in [1.807, 2.05) is 72.5 Å². The molecule has 1 unspecified atom stereocenters. The molecule has 4 aromatic rings. The maximum Gasteiger partial charge on any atom is 0.258 e. The van der Waals surface area contributed by atoms with E-state index in [0.717, 1.165) is 47.3 Å². The number of anilines is 3. The fourth-order valence-corrected chi connectivity index (χ4v) is 7.69. The van der Waals surface area contributed by atoms with E-state index < -0.39 is 0 Å². The summed E-state index contributed by atoms with van der Waals surface area (Å²) in [7, 11) is 1.76. The molecule has 1 aliphatic heterocycles. The standard InChI is InChI=1S/C51H67ClN6O10/c1-5-6-46(53-4)51(62)57-43-16-18-44(19-17-43)68-35-49(60)54-21-23-63-25-27-65-29-31-67-32-30-66-28-26-64-24-22-55-50(61)39-9-7-38(8-10-39)40-11-20-48-45(34-40)47(33-36(2)58(48)37(3)59)56-42-14-12-41(52)13-15-42/h7-20,34,36,46-47,53,56H,5-6,21-33,35H2,1-4H3,(H,54,60)(H,55,61)(H,57,62)/t36-,46?,47+/m0/s1. The van der Waals surface area contributed by atoms with Crippen LogP contribution >= 0.6 is 11.6 Å². The first kappa shape index (κ1) is 53.4. The van der Waals surface area contributed by atoms with E-state index in [1.54, 1.807) is 38.2 Å². The van der Waals surface area contributed by atoms with Crippen LogP contribution in [0.1, 0.15) is 62.0 Å². The summed E-state index contributed by atoms with van der Waals surface area (Å²) in [6.45, 7) is 10.2. The van der Waals surface area contributed by atoms with E-state index in [1.165, 1.54) is 0 Å². The third-order valence-electron chi connectivity index (χ3n) is 11.0. The highest BCUT2D eigenvalue weighted by atomic mass is 35.5. The van der Waals surface area contributed by atoms with Gasteiger partial charge in [-0.25, -0.2) is 0 Å². The van der Waals surface area contributed by atoms with Crippen LogP contribution in [0.4, 0.5) is 17.1 Å². The molecule has 5 N–H and O–H groups in total. The van der Waals surface area contributed by atoms with Crippen LogP contribution in [-0.2, 0) is 38.1 Å². The number of nitrogens with zero attached hydrogens (tertiary/aromatic N) is 1. The molecular formula is C51H67ClN6O10. The molecule has 68 heavy (non-hydrogen) atoms. The van der Waals surface area contributed by atoms with Crippen molar-refractivity contribution in [1.29, 1.82) is 0 Å². The number of halogens is 1. The average molecular weight is 960 g/mol. The second-order valence-corrected chi connectivity index (χ2v) is 16.6. The molecule has 0 fully saturated rings. The van der Waals surface area contributed by atoms with Gasteiger partial charge in [-0.15, -0.1) is 0 Å². The minimum absolute atomic E-state index is 0.00443. The fourth-order valence-electron chi connectivity index (χ4n) is 7.56. The molecule has 1 aliphatic rings. The number of ether oxygens (including phenoxy) is 6. The summed E-state index contributed by atoms with van der Waals surface area (Å²) in [4.78, 5) is 51.8. The molecule has 0 saturated heterocycles. The lowest BCUT2D eigenvalue weighted by Crippen LogP contribution is -2.43. The normalized spacial score (nSPS) is 14.7. The van der Waals surface area contributed by atoms with Crippen LogP contribution < -0.4 is 36.2 Å². The molecule has 5 rings (SSSR count). The Bertz CT molecular complexity index is 2160. The van der Waals surface area contributed by atoms with Crippen LogP contribution in [0, 0.1) is 0 Å². The highest BCUT2D eigenvalue weighted by Crippen LogP contribution is 2.41. The number of likely N-dealkylation sites (N-methyl/N-ethyl adjacent to an activating group) is 1. The molecular weight excluding hydrogens is 892 g/mol. The Kier molecular flexibility index (Phi) is 23.0. The first-order chi connectivity index (χ1) is 33.1. The number of carbonyl (C=O) groups excluding carboxylic acids is 4. The van der Waals surface area contributed by atoms with Crippen molar-refractivity contribution in [2.45, 2.75) is 58.2 Å². The lowest BCUT2D eigenvalue weighted by molar-refractivity contribution is -0.123. The van der Waals surface area contributed by atoms with Gasteiger partial charge in [-0.1, -0.05) is 43.1 Å². The van der Waals surface area contributed by atoms with Gasteiger partial charge in [0.15, 0.2) is 6.61 Å². The quantitative estimate of drug-likeness (QED) is 0.0352. The van der Waals surface area contributed by atoms with Gasteiger partial charge in [0, 0.05) is 53.7 Å². The Morgan fingerprint density at radius 1 is 0.706 bits per heavy atom. The highest BCUT2D eigenvalue weighted by Gasteiger charge is 2.32. The van der Waals surface area contributed by atoms with Crippen LogP contribution in [0.3, 0.4) is 0 Å². The number of amides is 4. The number of nitrogens with one attached hydrogen (secondary N) is 5. The Labute approximate surface area is 405 Å². The molecule has 0 aromatic heterocycles. The summed E-state index contributed by atoms with van der Waals surface area (Å²) in [5, 5.41) is 15.8. The molecule has 368 valence electrons. The number of carbonyl (C=O) groups is 4. The molecule has 17 heteroatoms. The van der Waals surface area contributed by atoms with Gasteiger partial charge in [0.1, 0.15) is 5.75 Å². The van der Waals surface area contributed by atoms with Crippen molar-refractivity contribution in [3.63, 3.8) is 0 Å². The van der Waals surface area contributed by atoms with E-state index >= 15 is 0 Å². The number of hydrogen-bond donors (Lipinski definition) is 5. The zero-order valence-corrected chi connectivity index (χ0v) is 40.4. The second-order valence-electron chi connectivity index (χ2n) is 16.1. The molecule has 1 heterocycles. The zero-order valence-electron chi connectivity index (χ0n) is 39.6. The maximum absolute atomic E-state index is 12.8. The summed E-state index contributed by atoms with van der Waals surface area (Å²) in [6.07, 6.45) is 2.39. The number of rotatable bonds is 30. The van der Waals surface area contributed by atoms with Crippen molar-refractivity contribution in [2.75, 3.05) is 108 Å². The van der Waals surface area contributed by atoms with Crippen LogP contribution in [0.5, 0.6) is 5.75 Å². The molecule has 4 aromatic carbocycles. The summed E-state index contributed by atoms with van der Waals surface area (Å²) in [6, 6.07) is 27.9. The van der Waals surface area contributed by atoms with Gasteiger partial charge < -0.3 is 59.9 Å². The largest absolute Gasteiger partial charge is 0.484 e. The minimum Gasteiger partial charge on any atom is -0.484 e. The van der Waals surface area contributed by atoms with E-state index in [4.69, 9.17) is 40.0 Å². The van der Waals surface area contributed by atoms with Crippen molar-refractivity contribution in [2.24, 2.45) is 0 Å². The van der Waals surface area contributed by atoms with Crippen molar-refractivity contribution < 1.29 is 47.6 Å². The summed E-state index contributed by atoms with van der Waals surface area (Å²) < 4.78 is 33.3. The Morgan fingerprint density at radius 3 is 1.84 bits per heavy atom. The van der Waals surface area contributed by atoms with Gasteiger partial charge in [0.2, 0.25) is 11.8 Å². The van der Waals surface area contributed by atoms with Crippen LogP contribution in [0.15, 0.2) is 91.0 Å². The third kappa shape index (κ3) is 17.8. The summed E-state index contributed by atoms with van der Waals surface area (Å²) in [5.74, 6) is -0.0230. The monoisotopic (exact) mass is 958 g/mol. The van der Waals surface area contributed by atoms with Crippen molar-refractivity contribution >= 4 is 52.3 Å². The van der Waals surface area contributed by atoms with E-state index in [9.17, 15) is 19.2 Å². The van der Waals surface area contributed by atoms with Gasteiger partial charge in [0.25, 0.3) is 11.8 Å². The first-order valence-electron chi connectivity index (χ1n) is 23.3. The molecule has 0 aliphatic carbocycles. The maximum atomic E-state index is 12.8. The number of benzene rings is 4. The lowest BCUT2D eigenvalue weighted by Gasteiger charge is -2.39. The van der Waals surface area contributed by atoms with E-state index in [-0.39, 0.29) is 48.4 Å². The van der Waals surface area contributed by atoms with Crippen LogP contribution in [0.25, 0.3) is 11.1 Å². The molecule has 0 saturated carbocycles. The molecule has 3 atom stereocenters. The smallest absolute Gasteiger partial charge is 0.258 e. The second kappa shape index (κ2) is 29.3. The number of fused-ring (bicyclic) bond motifs is 1. The molecule has 0 spiro atoms. The molecule has 0 radical (unpaired) electrons. The fraction of sp³-hybridized carbons (Fsp3) is 0.451. The van der Waals surface area contributed by atoms with Crippen LogP contribution in [0.2, 0.25) is 5.02 Å². The van der Waals surface area contributed by atoms with Gasteiger partial charge >= 0.3 is 0 Å². The predicted octanol–water partition coefficient (Wildman–Crippen LogP) is 6.64. The van der Waals surface area contributed by atoms with Crippen molar-refractivity contribution in [3.05, 3.63) is 107 Å². The molecule has 4 amide bonds. The van der Waals surface area contributed by atoms with Crippen LogP contribution in [-0.4, -0.2) is 129 Å². The van der Waals surface area contributed by atoms with Gasteiger partial charge in [-0.3, -0.25) is 19.2 Å². The minimum atomic E-state index is -0.268. The average Bonchev–Trinajstić information content (AvgIpc) is 3.34. The predicted molar refractivity (Wildman–Crippen MR) is 265 cm³/mol. The molecule has 0 bridgehead atoms. The van der Waals surface area contributed by atoms with Gasteiger partial charge in [-0.05, 0) is 116 Å².